The molecule has 3 heterocycles. The quantitative estimate of drug-likeness (QED) is 0.612. The molecule has 0 radical (unpaired) electrons. The highest BCUT2D eigenvalue weighted by molar-refractivity contribution is 7.22. The number of nitrogen functional groups attached to an aromatic ring is 1. The summed E-state index contributed by atoms with van der Waals surface area (Å²) in [4.78, 5) is 12.7. The third-order valence-corrected chi connectivity index (χ3v) is 4.17. The highest BCUT2D eigenvalue weighted by Gasteiger charge is 2.13. The third-order valence-electron chi connectivity index (χ3n) is 2.74. The second-order valence-electron chi connectivity index (χ2n) is 4.03. The number of anilines is 1. The molecule has 0 saturated heterocycles. The van der Waals surface area contributed by atoms with E-state index in [1.165, 1.54) is 22.7 Å². The fourth-order valence-electron chi connectivity index (χ4n) is 1.84. The standard InChI is InChI=1S/C12H7N5OS2/c13-12-15-7-2-1-6(3-9(7)20-12)11-16-10(17-18-11)8-4-19-5-14-8/h1-5H,(H2,13,15). The Morgan fingerprint density at radius 1 is 1.20 bits per heavy atom. The van der Waals surface area contributed by atoms with Crippen molar-refractivity contribution in [3.8, 4) is 23.0 Å². The number of nitrogens with two attached hydrogens (primary N) is 1. The number of thiazole rings is 2. The first-order valence-electron chi connectivity index (χ1n) is 5.68. The van der Waals surface area contributed by atoms with Gasteiger partial charge in [-0.05, 0) is 18.2 Å². The molecular weight excluding hydrogens is 294 g/mol. The van der Waals surface area contributed by atoms with Gasteiger partial charge in [-0.2, -0.15) is 4.98 Å². The Kier molecular flexibility index (Phi) is 2.51. The number of hydrogen-bond donors (Lipinski definition) is 1. The zero-order valence-electron chi connectivity index (χ0n) is 9.98. The van der Waals surface area contributed by atoms with Crippen LogP contribution in [0.3, 0.4) is 0 Å². The van der Waals surface area contributed by atoms with Crippen molar-refractivity contribution in [1.82, 2.24) is 20.1 Å². The van der Waals surface area contributed by atoms with Crippen molar-refractivity contribution >= 4 is 38.0 Å². The monoisotopic (exact) mass is 301 g/mol. The van der Waals surface area contributed by atoms with Crippen LogP contribution in [0.25, 0.3) is 33.2 Å². The molecule has 0 aliphatic rings. The number of hydrogen-bond acceptors (Lipinski definition) is 8. The molecular formula is C12H7N5OS2. The van der Waals surface area contributed by atoms with Crippen LogP contribution in [0.5, 0.6) is 0 Å². The van der Waals surface area contributed by atoms with Crippen LogP contribution in [0, 0.1) is 0 Å². The molecule has 98 valence electrons. The van der Waals surface area contributed by atoms with Crippen molar-refractivity contribution < 1.29 is 4.52 Å². The second kappa shape index (κ2) is 4.36. The van der Waals surface area contributed by atoms with Gasteiger partial charge in [-0.1, -0.05) is 16.5 Å². The van der Waals surface area contributed by atoms with E-state index >= 15 is 0 Å². The fourth-order valence-corrected chi connectivity index (χ4v) is 3.15. The summed E-state index contributed by atoms with van der Waals surface area (Å²) in [5, 5.41) is 6.37. The number of fused-ring (bicyclic) bond motifs is 1. The maximum absolute atomic E-state index is 5.70. The second-order valence-corrected chi connectivity index (χ2v) is 5.81. The third kappa shape index (κ3) is 1.86. The molecule has 8 heteroatoms. The predicted octanol–water partition coefficient (Wildman–Crippen LogP) is 3.05. The Labute approximate surface area is 120 Å². The normalized spacial score (nSPS) is 11.2. The summed E-state index contributed by atoms with van der Waals surface area (Å²) >= 11 is 2.92. The molecule has 0 bridgehead atoms. The minimum atomic E-state index is 0.460. The molecule has 0 aliphatic carbocycles. The van der Waals surface area contributed by atoms with Crippen LogP contribution in [-0.4, -0.2) is 20.1 Å². The van der Waals surface area contributed by atoms with Crippen LogP contribution in [0.2, 0.25) is 0 Å². The summed E-state index contributed by atoms with van der Waals surface area (Å²) in [5.74, 6) is 0.951. The minimum absolute atomic E-state index is 0.460. The van der Waals surface area contributed by atoms with Gasteiger partial charge in [0.15, 0.2) is 5.13 Å². The number of benzene rings is 1. The zero-order chi connectivity index (χ0) is 13.5. The van der Waals surface area contributed by atoms with Gasteiger partial charge < -0.3 is 10.3 Å². The van der Waals surface area contributed by atoms with E-state index in [4.69, 9.17) is 10.3 Å². The first-order valence-corrected chi connectivity index (χ1v) is 7.44. The summed E-state index contributed by atoms with van der Waals surface area (Å²) in [7, 11) is 0. The Balaban J connectivity index is 1.78. The first-order chi connectivity index (χ1) is 9.79. The predicted molar refractivity (Wildman–Crippen MR) is 78.4 cm³/mol. The van der Waals surface area contributed by atoms with Gasteiger partial charge in [-0.15, -0.1) is 11.3 Å². The molecule has 0 spiro atoms. The molecule has 3 aromatic heterocycles. The van der Waals surface area contributed by atoms with Gasteiger partial charge in [0, 0.05) is 10.9 Å². The van der Waals surface area contributed by atoms with E-state index in [1.807, 2.05) is 23.6 Å². The van der Waals surface area contributed by atoms with Crippen molar-refractivity contribution in [2.75, 3.05) is 5.73 Å². The number of aromatic nitrogens is 4. The first kappa shape index (κ1) is 11.5. The molecule has 4 aromatic rings. The lowest BCUT2D eigenvalue weighted by molar-refractivity contribution is 0.432. The molecule has 0 unspecified atom stereocenters. The lowest BCUT2D eigenvalue weighted by Gasteiger charge is -1.93. The smallest absolute Gasteiger partial charge is 0.258 e. The van der Waals surface area contributed by atoms with Gasteiger partial charge in [-0.3, -0.25) is 0 Å². The largest absolute Gasteiger partial charge is 0.375 e. The summed E-state index contributed by atoms with van der Waals surface area (Å²) in [6.07, 6.45) is 0. The van der Waals surface area contributed by atoms with Gasteiger partial charge in [0.25, 0.3) is 5.89 Å². The Bertz CT molecular complexity index is 880. The van der Waals surface area contributed by atoms with Gasteiger partial charge in [0.05, 0.1) is 15.7 Å². The van der Waals surface area contributed by atoms with Crippen LogP contribution >= 0.6 is 22.7 Å². The van der Waals surface area contributed by atoms with Gasteiger partial charge in [0.1, 0.15) is 5.69 Å². The van der Waals surface area contributed by atoms with Crippen LogP contribution in [0.1, 0.15) is 0 Å². The molecule has 0 atom stereocenters. The van der Waals surface area contributed by atoms with Crippen molar-refractivity contribution in [2.45, 2.75) is 0 Å². The molecule has 2 N–H and O–H groups in total. The zero-order valence-corrected chi connectivity index (χ0v) is 11.6. The summed E-state index contributed by atoms with van der Waals surface area (Å²) in [5.41, 5.74) is 9.86. The van der Waals surface area contributed by atoms with Crippen molar-refractivity contribution in [3.05, 3.63) is 29.1 Å². The maximum Gasteiger partial charge on any atom is 0.258 e. The van der Waals surface area contributed by atoms with Gasteiger partial charge in [0.2, 0.25) is 5.82 Å². The fraction of sp³-hybridized carbons (Fsp3) is 0. The lowest BCUT2D eigenvalue weighted by Crippen LogP contribution is -1.81. The molecule has 4 rings (SSSR count). The van der Waals surface area contributed by atoms with E-state index in [-0.39, 0.29) is 0 Å². The van der Waals surface area contributed by atoms with E-state index < -0.39 is 0 Å². The SMILES string of the molecule is Nc1nc2ccc(-c3nc(-c4cscn4)no3)cc2s1. The summed E-state index contributed by atoms with van der Waals surface area (Å²) in [6.45, 7) is 0. The average molecular weight is 301 g/mol. The van der Waals surface area contributed by atoms with E-state index in [2.05, 4.69) is 20.1 Å². The lowest BCUT2D eigenvalue weighted by atomic mass is 10.2. The van der Waals surface area contributed by atoms with E-state index in [0.29, 0.717) is 22.5 Å². The van der Waals surface area contributed by atoms with Crippen LogP contribution < -0.4 is 5.73 Å². The molecule has 0 fully saturated rings. The summed E-state index contributed by atoms with van der Waals surface area (Å²) < 4.78 is 6.28. The number of rotatable bonds is 2. The van der Waals surface area contributed by atoms with E-state index in [0.717, 1.165) is 15.8 Å². The summed E-state index contributed by atoms with van der Waals surface area (Å²) in [6, 6.07) is 5.73. The highest BCUT2D eigenvalue weighted by atomic mass is 32.1. The van der Waals surface area contributed by atoms with Crippen LogP contribution in [0.4, 0.5) is 5.13 Å². The molecule has 0 saturated carbocycles. The van der Waals surface area contributed by atoms with Crippen LogP contribution in [-0.2, 0) is 0 Å². The Hall–Kier alpha value is -2.32. The molecule has 20 heavy (non-hydrogen) atoms. The Morgan fingerprint density at radius 3 is 3.00 bits per heavy atom. The molecule has 6 nitrogen and oxygen atoms in total. The van der Waals surface area contributed by atoms with Crippen molar-refractivity contribution in [3.63, 3.8) is 0 Å². The van der Waals surface area contributed by atoms with Crippen molar-refractivity contribution in [1.29, 1.82) is 0 Å². The van der Waals surface area contributed by atoms with E-state index in [9.17, 15) is 0 Å². The Morgan fingerprint density at radius 2 is 2.15 bits per heavy atom. The van der Waals surface area contributed by atoms with Crippen LogP contribution in [0.15, 0.2) is 33.6 Å². The highest BCUT2D eigenvalue weighted by Crippen LogP contribution is 2.29. The minimum Gasteiger partial charge on any atom is -0.375 e. The topological polar surface area (TPSA) is 90.7 Å². The maximum atomic E-state index is 5.70. The molecule has 1 aromatic carbocycles. The molecule has 0 aliphatic heterocycles. The van der Waals surface area contributed by atoms with Crippen molar-refractivity contribution in [2.24, 2.45) is 0 Å². The van der Waals surface area contributed by atoms with Gasteiger partial charge in [-0.25, -0.2) is 9.97 Å². The van der Waals surface area contributed by atoms with Gasteiger partial charge >= 0.3 is 0 Å². The average Bonchev–Trinajstić information content (AvgIpc) is 3.17. The number of nitrogens with zero attached hydrogens (tertiary/aromatic N) is 4. The molecule has 0 amide bonds. The van der Waals surface area contributed by atoms with E-state index in [1.54, 1.807) is 5.51 Å².